The van der Waals surface area contributed by atoms with Crippen LogP contribution < -0.4 is 20.3 Å². The van der Waals surface area contributed by atoms with E-state index >= 15 is 0 Å². The van der Waals surface area contributed by atoms with Gasteiger partial charge in [0.2, 0.25) is 5.91 Å². The van der Waals surface area contributed by atoms with Crippen molar-refractivity contribution in [2.75, 3.05) is 56.0 Å². The largest absolute Gasteiger partial charge is 0.485 e. The molecule has 2 aromatic heterocycles. The number of β-amino-alcohol motifs (C(OH)–C–C–N with tert-alkyl or cyclic N) is 1. The van der Waals surface area contributed by atoms with E-state index in [1.165, 1.54) is 23.9 Å². The number of nitrogens with zero attached hydrogens (tertiary/aromatic N) is 5. The fourth-order valence-corrected chi connectivity index (χ4v) is 6.64. The van der Waals surface area contributed by atoms with Crippen molar-refractivity contribution in [3.63, 3.8) is 0 Å². The smallest absolute Gasteiger partial charge is 0.251 e. The summed E-state index contributed by atoms with van der Waals surface area (Å²) in [6.07, 6.45) is 4.95. The zero-order valence-electron chi connectivity index (χ0n) is 28.6. The summed E-state index contributed by atoms with van der Waals surface area (Å²) in [6, 6.07) is 8.09. The average molecular weight is 660 g/mol. The molecule has 1 aromatic carbocycles. The Kier molecular flexibility index (Phi) is 10.5. The van der Waals surface area contributed by atoms with Gasteiger partial charge in [0.1, 0.15) is 24.0 Å². The first-order valence-electron chi connectivity index (χ1n) is 17.3. The van der Waals surface area contributed by atoms with Crippen molar-refractivity contribution in [2.45, 2.75) is 78.7 Å². The highest BCUT2D eigenvalue weighted by Gasteiger charge is 2.26. The lowest BCUT2D eigenvalue weighted by Gasteiger charge is -2.36. The van der Waals surface area contributed by atoms with Crippen LogP contribution in [0.4, 0.5) is 11.6 Å². The Morgan fingerprint density at radius 3 is 2.58 bits per heavy atom. The molecule has 1 saturated carbocycles. The molecule has 6 rings (SSSR count). The minimum absolute atomic E-state index is 0.0279. The maximum atomic E-state index is 13.4. The van der Waals surface area contributed by atoms with E-state index in [1.807, 2.05) is 37.8 Å². The number of piperazine rings is 1. The van der Waals surface area contributed by atoms with Gasteiger partial charge in [-0.25, -0.2) is 9.97 Å². The van der Waals surface area contributed by atoms with E-state index in [9.17, 15) is 14.7 Å². The van der Waals surface area contributed by atoms with Crippen molar-refractivity contribution in [1.29, 1.82) is 0 Å². The number of amides is 2. The van der Waals surface area contributed by atoms with Gasteiger partial charge < -0.3 is 34.7 Å². The van der Waals surface area contributed by atoms with Crippen LogP contribution >= 0.6 is 0 Å². The number of aliphatic hydroxyl groups is 1. The second-order valence-corrected chi connectivity index (χ2v) is 13.7. The first kappa shape index (κ1) is 33.7. The standard InChI is InChI=1S/C36H49N7O5/c1-23(2)36(46)43-14-12-42(13-15-43)34-17-27(16-33(40-34)39-28-6-5-7-28)35(45)37-18-29(44)20-41-11-10-30-24(3)31(9-8-26(30)19-41)47-21-32-25(4)38-22-48-32/h8-9,16-17,22-23,28-29,44H,5-7,10-15,18-21H2,1-4H3,(H,37,45)(H,39,40)/t29-/m0/s1. The summed E-state index contributed by atoms with van der Waals surface area (Å²) in [5, 5.41) is 17.4. The lowest BCUT2D eigenvalue weighted by molar-refractivity contribution is -0.134. The Balaban J connectivity index is 1.03. The number of rotatable bonds is 12. The summed E-state index contributed by atoms with van der Waals surface area (Å²) in [5.74, 6) is 2.88. The highest BCUT2D eigenvalue weighted by molar-refractivity contribution is 5.95. The number of carbonyl (C=O) groups excluding carboxylic acids is 2. The molecular formula is C36H49N7O5. The van der Waals surface area contributed by atoms with E-state index in [1.54, 1.807) is 6.07 Å². The van der Waals surface area contributed by atoms with Gasteiger partial charge in [-0.3, -0.25) is 14.5 Å². The van der Waals surface area contributed by atoms with Crippen LogP contribution in [0, 0.1) is 19.8 Å². The number of aliphatic hydroxyl groups excluding tert-OH is 1. The molecule has 0 spiro atoms. The Morgan fingerprint density at radius 1 is 1.10 bits per heavy atom. The summed E-state index contributed by atoms with van der Waals surface area (Å²) in [6.45, 7) is 12.9. The highest BCUT2D eigenvalue weighted by Crippen LogP contribution is 2.30. The predicted octanol–water partition coefficient (Wildman–Crippen LogP) is 3.68. The van der Waals surface area contributed by atoms with Gasteiger partial charge in [0, 0.05) is 69.9 Å². The third-order valence-corrected chi connectivity index (χ3v) is 9.83. The molecule has 1 atom stereocenters. The third-order valence-electron chi connectivity index (χ3n) is 9.83. The van der Waals surface area contributed by atoms with Crippen molar-refractivity contribution in [3.8, 4) is 5.75 Å². The third kappa shape index (κ3) is 7.92. The second-order valence-electron chi connectivity index (χ2n) is 13.7. The Hall–Kier alpha value is -4.16. The quantitative estimate of drug-likeness (QED) is 0.264. The molecule has 0 radical (unpaired) electrons. The minimum atomic E-state index is -0.718. The van der Waals surface area contributed by atoms with Crippen molar-refractivity contribution < 1.29 is 23.8 Å². The molecule has 4 heterocycles. The number of anilines is 2. The number of carbonyl (C=O) groups is 2. The normalized spacial score (nSPS) is 17.5. The topological polar surface area (TPSA) is 136 Å². The first-order chi connectivity index (χ1) is 23.1. The van der Waals surface area contributed by atoms with E-state index in [0.717, 1.165) is 60.9 Å². The van der Waals surface area contributed by atoms with Crippen LogP contribution in [0.3, 0.4) is 0 Å². The number of fused-ring (bicyclic) bond motifs is 1. The number of hydrogen-bond donors (Lipinski definition) is 3. The molecule has 3 aromatic rings. The molecule has 1 saturated heterocycles. The molecule has 3 N–H and O–H groups in total. The molecule has 0 bridgehead atoms. The van der Waals surface area contributed by atoms with Gasteiger partial charge in [-0.1, -0.05) is 19.9 Å². The van der Waals surface area contributed by atoms with Crippen molar-refractivity contribution in [2.24, 2.45) is 5.92 Å². The Labute approximate surface area is 282 Å². The van der Waals surface area contributed by atoms with E-state index in [-0.39, 0.29) is 24.3 Å². The van der Waals surface area contributed by atoms with Crippen molar-refractivity contribution in [1.82, 2.24) is 25.1 Å². The maximum absolute atomic E-state index is 13.4. The maximum Gasteiger partial charge on any atom is 0.251 e. The zero-order chi connectivity index (χ0) is 33.8. The molecule has 12 heteroatoms. The molecule has 2 amide bonds. The lowest BCUT2D eigenvalue weighted by atomic mass is 9.93. The molecule has 1 aliphatic carbocycles. The fourth-order valence-electron chi connectivity index (χ4n) is 6.64. The van der Waals surface area contributed by atoms with E-state index in [0.29, 0.717) is 56.8 Å². The average Bonchev–Trinajstić information content (AvgIpc) is 3.48. The molecular weight excluding hydrogens is 610 g/mol. The van der Waals surface area contributed by atoms with Gasteiger partial charge in [-0.05, 0) is 74.4 Å². The van der Waals surface area contributed by atoms with E-state index in [2.05, 4.69) is 38.4 Å². The molecule has 3 aliphatic rings. The van der Waals surface area contributed by atoms with Crippen LogP contribution in [0.5, 0.6) is 5.75 Å². The van der Waals surface area contributed by atoms with Gasteiger partial charge in [0.05, 0.1) is 11.8 Å². The van der Waals surface area contributed by atoms with Crippen LogP contribution in [0.1, 0.15) is 71.6 Å². The van der Waals surface area contributed by atoms with Crippen LogP contribution in [-0.4, -0.2) is 94.6 Å². The number of ether oxygens (including phenoxy) is 1. The number of benzene rings is 1. The van der Waals surface area contributed by atoms with Gasteiger partial charge >= 0.3 is 0 Å². The Morgan fingerprint density at radius 2 is 1.90 bits per heavy atom. The van der Waals surface area contributed by atoms with Crippen molar-refractivity contribution in [3.05, 3.63) is 64.4 Å². The van der Waals surface area contributed by atoms with Crippen LogP contribution in [0.15, 0.2) is 35.1 Å². The molecule has 2 fully saturated rings. The molecule has 12 nitrogen and oxygen atoms in total. The summed E-state index contributed by atoms with van der Waals surface area (Å²) >= 11 is 0. The van der Waals surface area contributed by atoms with Gasteiger partial charge in [-0.15, -0.1) is 0 Å². The van der Waals surface area contributed by atoms with Gasteiger partial charge in [0.25, 0.3) is 5.91 Å². The Bertz CT molecular complexity index is 1600. The predicted molar refractivity (Wildman–Crippen MR) is 183 cm³/mol. The van der Waals surface area contributed by atoms with Crippen LogP contribution in [0.25, 0.3) is 0 Å². The summed E-state index contributed by atoms with van der Waals surface area (Å²) in [4.78, 5) is 41.2. The molecule has 2 aliphatic heterocycles. The zero-order valence-corrected chi connectivity index (χ0v) is 28.6. The summed E-state index contributed by atoms with van der Waals surface area (Å²) in [5.41, 5.74) is 4.98. The fraction of sp³-hybridized carbons (Fsp3) is 0.556. The lowest BCUT2D eigenvalue weighted by Crippen LogP contribution is -2.50. The monoisotopic (exact) mass is 659 g/mol. The number of oxazole rings is 1. The molecule has 0 unspecified atom stereocenters. The van der Waals surface area contributed by atoms with Crippen LogP contribution in [0.2, 0.25) is 0 Å². The van der Waals surface area contributed by atoms with Gasteiger partial charge in [0.15, 0.2) is 12.2 Å². The molecule has 258 valence electrons. The number of aromatic nitrogens is 2. The summed E-state index contributed by atoms with van der Waals surface area (Å²) < 4.78 is 11.5. The summed E-state index contributed by atoms with van der Waals surface area (Å²) in [7, 11) is 0. The van der Waals surface area contributed by atoms with Crippen molar-refractivity contribution >= 4 is 23.5 Å². The van der Waals surface area contributed by atoms with E-state index < -0.39 is 6.10 Å². The molecule has 48 heavy (non-hydrogen) atoms. The number of hydrogen-bond acceptors (Lipinski definition) is 10. The minimum Gasteiger partial charge on any atom is -0.485 e. The second kappa shape index (κ2) is 14.9. The SMILES string of the molecule is Cc1ncoc1COc1ccc2c(c1C)CCN(C[C@@H](O)CNC(=O)c1cc(NC3CCC3)nc(N3CCN(C(=O)C(C)C)CC3)c1)C2. The number of aryl methyl sites for hydroxylation is 1. The first-order valence-corrected chi connectivity index (χ1v) is 17.3. The van der Waals surface area contributed by atoms with E-state index in [4.69, 9.17) is 14.1 Å². The number of nitrogens with one attached hydrogen (secondary N) is 2. The van der Waals surface area contributed by atoms with Crippen LogP contribution in [-0.2, 0) is 24.4 Å². The number of pyridine rings is 1. The van der Waals surface area contributed by atoms with Gasteiger partial charge in [-0.2, -0.15) is 0 Å². The highest BCUT2D eigenvalue weighted by atomic mass is 16.5.